The number of rotatable bonds is 12. The van der Waals surface area contributed by atoms with E-state index in [2.05, 4.69) is 25.6 Å². The highest BCUT2D eigenvalue weighted by molar-refractivity contribution is 7.91. The van der Waals surface area contributed by atoms with Crippen molar-refractivity contribution >= 4 is 55.2 Å². The lowest BCUT2D eigenvalue weighted by Gasteiger charge is -2.12. The first-order chi connectivity index (χ1) is 22.2. The summed E-state index contributed by atoms with van der Waals surface area (Å²) in [6.45, 7) is 2.40. The molecule has 0 saturated heterocycles. The van der Waals surface area contributed by atoms with Gasteiger partial charge in [0, 0.05) is 34.8 Å². The number of thiazole rings is 1. The lowest BCUT2D eigenvalue weighted by molar-refractivity contribution is 0.306. The number of hydrogen-bond acceptors (Lipinski definition) is 10. The van der Waals surface area contributed by atoms with E-state index in [1.54, 1.807) is 36.4 Å². The average Bonchev–Trinajstić information content (AvgIpc) is 3.56. The third-order valence-corrected chi connectivity index (χ3v) is 10.0. The van der Waals surface area contributed by atoms with Gasteiger partial charge in [-0.25, -0.2) is 32.7 Å². The van der Waals surface area contributed by atoms with Crippen molar-refractivity contribution in [1.29, 1.82) is 0 Å². The van der Waals surface area contributed by atoms with Crippen LogP contribution in [0.2, 0.25) is 5.02 Å². The van der Waals surface area contributed by atoms with Crippen molar-refractivity contribution < 1.29 is 17.5 Å². The number of nitrogens with one attached hydrogen (secondary N) is 2. The molecule has 0 radical (unpaired) electrons. The van der Waals surface area contributed by atoms with Gasteiger partial charge in [0.25, 0.3) is 0 Å². The molecule has 1 unspecified atom stereocenters. The summed E-state index contributed by atoms with van der Waals surface area (Å²) in [4.78, 5) is 17.7. The van der Waals surface area contributed by atoms with Crippen LogP contribution in [0.1, 0.15) is 23.5 Å². The third-order valence-electron chi connectivity index (χ3n) is 7.08. The van der Waals surface area contributed by atoms with Crippen molar-refractivity contribution in [3.8, 4) is 17.0 Å². The second-order valence-electron chi connectivity index (χ2n) is 10.4. The van der Waals surface area contributed by atoms with E-state index >= 15 is 0 Å². The van der Waals surface area contributed by atoms with Crippen LogP contribution in [0.4, 0.5) is 15.9 Å². The highest BCUT2D eigenvalue weighted by atomic mass is 35.5. The first kappa shape index (κ1) is 31.5. The summed E-state index contributed by atoms with van der Waals surface area (Å²) in [5, 5.41) is 10.6. The Labute approximate surface area is 274 Å². The number of anilines is 2. The second-order valence-corrected chi connectivity index (χ2v) is 13.7. The van der Waals surface area contributed by atoms with E-state index in [9.17, 15) is 12.8 Å². The summed E-state index contributed by atoms with van der Waals surface area (Å²) in [7, 11) is -3.48. The number of sulfone groups is 1. The van der Waals surface area contributed by atoms with E-state index in [-0.39, 0.29) is 35.8 Å². The van der Waals surface area contributed by atoms with Gasteiger partial charge in [0.1, 0.15) is 35.3 Å². The highest BCUT2D eigenvalue weighted by Crippen LogP contribution is 2.33. The largest absolute Gasteiger partial charge is 0.487 e. The maximum Gasteiger partial charge on any atom is 0.196 e. The van der Waals surface area contributed by atoms with Crippen LogP contribution in [0.15, 0.2) is 102 Å². The quantitative estimate of drug-likeness (QED) is 0.137. The number of hydrogen-bond donors (Lipinski definition) is 2. The minimum atomic E-state index is -3.48. The molecule has 234 valence electrons. The molecule has 0 saturated carbocycles. The standard InChI is InChI=1S/C33H28ClFN6O3S2/c1-21(36-13-14-46(42,43)31-7-2-3-12-37-31)33-41-29(19-45-33)23-8-10-28-26(16-23)32(39-20-38-28)40-25-9-11-30(27(34)17-25)44-18-22-5-4-6-24(35)15-22/h2-12,15-17,19-21,36H,13-14,18H2,1H3,(H,38,39,40). The smallest absolute Gasteiger partial charge is 0.196 e. The molecule has 3 aromatic heterocycles. The second kappa shape index (κ2) is 13.9. The number of fused-ring (bicyclic) bond motifs is 1. The zero-order valence-corrected chi connectivity index (χ0v) is 26.9. The maximum absolute atomic E-state index is 13.5. The normalized spacial score (nSPS) is 12.2. The minimum absolute atomic E-state index is 0.0666. The molecule has 0 aliphatic heterocycles. The monoisotopic (exact) mass is 674 g/mol. The zero-order valence-electron chi connectivity index (χ0n) is 24.5. The van der Waals surface area contributed by atoms with E-state index in [1.165, 1.54) is 42.1 Å². The zero-order chi connectivity index (χ0) is 32.1. The summed E-state index contributed by atoms with van der Waals surface area (Å²) in [5.74, 6) is 0.680. The van der Waals surface area contributed by atoms with E-state index in [1.807, 2.05) is 36.6 Å². The van der Waals surface area contributed by atoms with Crippen molar-refractivity contribution in [1.82, 2.24) is 25.3 Å². The number of ether oxygens (including phenoxy) is 1. The summed E-state index contributed by atoms with van der Waals surface area (Å²) >= 11 is 8.01. The number of halogens is 2. The lowest BCUT2D eigenvalue weighted by Crippen LogP contribution is -2.26. The molecule has 46 heavy (non-hydrogen) atoms. The third kappa shape index (κ3) is 7.48. The molecule has 2 N–H and O–H groups in total. The number of nitrogens with zero attached hydrogens (tertiary/aromatic N) is 4. The molecule has 9 nitrogen and oxygen atoms in total. The van der Waals surface area contributed by atoms with Crippen LogP contribution in [0.5, 0.6) is 5.75 Å². The van der Waals surface area contributed by atoms with Gasteiger partial charge in [0.2, 0.25) is 0 Å². The van der Waals surface area contributed by atoms with Crippen LogP contribution in [-0.2, 0) is 16.4 Å². The Morgan fingerprint density at radius 3 is 2.70 bits per heavy atom. The van der Waals surface area contributed by atoms with E-state index in [0.29, 0.717) is 27.8 Å². The minimum Gasteiger partial charge on any atom is -0.487 e. The van der Waals surface area contributed by atoms with Crippen LogP contribution in [0, 0.1) is 5.82 Å². The summed E-state index contributed by atoms with van der Waals surface area (Å²) in [5.41, 5.74) is 3.83. The maximum atomic E-state index is 13.5. The van der Waals surface area contributed by atoms with Crippen molar-refractivity contribution in [3.05, 3.63) is 118 Å². The molecular weight excluding hydrogens is 647 g/mol. The fourth-order valence-corrected chi connectivity index (χ4v) is 6.89. The summed E-state index contributed by atoms with van der Waals surface area (Å²) < 4.78 is 44.4. The van der Waals surface area contributed by atoms with Crippen LogP contribution in [-0.4, -0.2) is 40.7 Å². The predicted octanol–water partition coefficient (Wildman–Crippen LogP) is 7.39. The molecule has 13 heteroatoms. The topological polar surface area (TPSA) is 119 Å². The first-order valence-corrected chi connectivity index (χ1v) is 17.2. The lowest BCUT2D eigenvalue weighted by atomic mass is 10.1. The fourth-order valence-electron chi connectivity index (χ4n) is 4.69. The van der Waals surface area contributed by atoms with E-state index < -0.39 is 9.84 Å². The Balaban J connectivity index is 1.13. The Bertz CT molecular complexity index is 2100. The molecule has 3 aromatic carbocycles. The number of benzene rings is 3. The summed E-state index contributed by atoms with van der Waals surface area (Å²) in [6.07, 6.45) is 2.96. The predicted molar refractivity (Wildman–Crippen MR) is 179 cm³/mol. The Kier molecular flexibility index (Phi) is 9.50. The molecule has 0 bridgehead atoms. The van der Waals surface area contributed by atoms with Crippen molar-refractivity contribution in [2.75, 3.05) is 17.6 Å². The molecule has 0 aliphatic rings. The van der Waals surface area contributed by atoms with Crippen LogP contribution >= 0.6 is 22.9 Å². The van der Waals surface area contributed by atoms with Gasteiger partial charge in [-0.1, -0.05) is 35.9 Å². The Morgan fingerprint density at radius 1 is 1.00 bits per heavy atom. The van der Waals surface area contributed by atoms with Gasteiger partial charge in [-0.3, -0.25) is 0 Å². The van der Waals surface area contributed by atoms with Crippen LogP contribution in [0.3, 0.4) is 0 Å². The van der Waals surface area contributed by atoms with Gasteiger partial charge < -0.3 is 15.4 Å². The van der Waals surface area contributed by atoms with Gasteiger partial charge in [-0.2, -0.15) is 0 Å². The molecule has 1 atom stereocenters. The SMILES string of the molecule is CC(NCCS(=O)(=O)c1ccccn1)c1nc(-c2ccc3ncnc(Nc4ccc(OCc5cccc(F)c5)c(Cl)c4)c3c2)cs1. The molecule has 0 amide bonds. The van der Waals surface area contributed by atoms with Gasteiger partial charge in [-0.05, 0) is 67.1 Å². The molecule has 0 aliphatic carbocycles. The highest BCUT2D eigenvalue weighted by Gasteiger charge is 2.18. The first-order valence-electron chi connectivity index (χ1n) is 14.3. The molecular formula is C33H28ClFN6O3S2. The van der Waals surface area contributed by atoms with E-state index in [0.717, 1.165) is 27.2 Å². The van der Waals surface area contributed by atoms with Crippen molar-refractivity contribution in [2.24, 2.45) is 0 Å². The van der Waals surface area contributed by atoms with Crippen molar-refractivity contribution in [3.63, 3.8) is 0 Å². The van der Waals surface area contributed by atoms with Crippen molar-refractivity contribution in [2.45, 2.75) is 24.6 Å². The molecule has 6 aromatic rings. The Morgan fingerprint density at radius 2 is 1.89 bits per heavy atom. The van der Waals surface area contributed by atoms with E-state index in [4.69, 9.17) is 21.3 Å². The number of pyridine rings is 1. The van der Waals surface area contributed by atoms with Gasteiger partial charge >= 0.3 is 0 Å². The molecule has 6 rings (SSSR count). The Hall–Kier alpha value is -4.49. The van der Waals surface area contributed by atoms with Crippen LogP contribution < -0.4 is 15.4 Å². The van der Waals surface area contributed by atoms with Gasteiger partial charge in [-0.15, -0.1) is 11.3 Å². The fraction of sp³-hybridized carbons (Fsp3) is 0.152. The molecule has 0 spiro atoms. The van der Waals surface area contributed by atoms with Crippen LogP contribution in [0.25, 0.3) is 22.2 Å². The number of aromatic nitrogens is 4. The summed E-state index contributed by atoms with van der Waals surface area (Å²) in [6, 6.07) is 22.1. The average molecular weight is 675 g/mol. The molecule has 3 heterocycles. The molecule has 0 fully saturated rings. The van der Waals surface area contributed by atoms with Gasteiger partial charge in [0.05, 0.1) is 28.0 Å². The van der Waals surface area contributed by atoms with Gasteiger partial charge in [0.15, 0.2) is 14.9 Å².